The standard InChI is InChI=1S/C15H13ClN4/c16-11-4-5-13-14(9-11)19-10-20-15(13)18-8-6-12-3-1-2-7-17-12/h1-5,7,9-10H,6,8H2,(H,18,19,20). The predicted octanol–water partition coefficient (Wildman–Crippen LogP) is 3.33. The van der Waals surface area contributed by atoms with E-state index in [1.165, 1.54) is 0 Å². The van der Waals surface area contributed by atoms with Crippen LogP contribution in [0.2, 0.25) is 5.02 Å². The Balaban J connectivity index is 1.74. The molecule has 0 aliphatic carbocycles. The molecule has 0 bridgehead atoms. The average Bonchev–Trinajstić information content (AvgIpc) is 2.48. The van der Waals surface area contributed by atoms with Crippen LogP contribution in [0.3, 0.4) is 0 Å². The van der Waals surface area contributed by atoms with Crippen LogP contribution in [0.5, 0.6) is 0 Å². The fourth-order valence-electron chi connectivity index (χ4n) is 2.03. The molecule has 5 heteroatoms. The smallest absolute Gasteiger partial charge is 0.137 e. The lowest BCUT2D eigenvalue weighted by atomic mass is 10.2. The van der Waals surface area contributed by atoms with Gasteiger partial charge in [0.05, 0.1) is 5.52 Å². The second-order valence-corrected chi connectivity index (χ2v) is 4.82. The molecule has 0 unspecified atom stereocenters. The Labute approximate surface area is 121 Å². The molecule has 1 N–H and O–H groups in total. The number of benzene rings is 1. The number of nitrogens with zero attached hydrogens (tertiary/aromatic N) is 3. The first-order valence-electron chi connectivity index (χ1n) is 6.37. The summed E-state index contributed by atoms with van der Waals surface area (Å²) in [6, 6.07) is 11.5. The van der Waals surface area contributed by atoms with Gasteiger partial charge in [0.2, 0.25) is 0 Å². The Kier molecular flexibility index (Phi) is 3.74. The quantitative estimate of drug-likeness (QED) is 0.798. The zero-order valence-electron chi connectivity index (χ0n) is 10.8. The lowest BCUT2D eigenvalue weighted by molar-refractivity contribution is 0.954. The molecule has 0 saturated heterocycles. The van der Waals surface area contributed by atoms with Crippen molar-refractivity contribution in [2.75, 3.05) is 11.9 Å². The molecule has 0 spiro atoms. The summed E-state index contributed by atoms with van der Waals surface area (Å²) in [7, 11) is 0. The minimum atomic E-state index is 0.677. The number of fused-ring (bicyclic) bond motifs is 1. The van der Waals surface area contributed by atoms with Crippen LogP contribution in [0.25, 0.3) is 10.9 Å². The molecular formula is C15H13ClN4. The summed E-state index contributed by atoms with van der Waals surface area (Å²) in [4.78, 5) is 12.8. The lowest BCUT2D eigenvalue weighted by Crippen LogP contribution is -2.07. The highest BCUT2D eigenvalue weighted by Gasteiger charge is 2.03. The van der Waals surface area contributed by atoms with Gasteiger partial charge in [0, 0.05) is 35.3 Å². The first kappa shape index (κ1) is 12.8. The summed E-state index contributed by atoms with van der Waals surface area (Å²) in [6.07, 6.45) is 4.19. The van der Waals surface area contributed by atoms with E-state index in [0.717, 1.165) is 35.4 Å². The molecule has 0 amide bonds. The van der Waals surface area contributed by atoms with Crippen LogP contribution in [0.15, 0.2) is 48.9 Å². The van der Waals surface area contributed by atoms with Gasteiger partial charge in [0.1, 0.15) is 12.1 Å². The number of halogens is 1. The Bertz CT molecular complexity index is 715. The van der Waals surface area contributed by atoms with E-state index in [-0.39, 0.29) is 0 Å². The van der Waals surface area contributed by atoms with E-state index < -0.39 is 0 Å². The third kappa shape index (κ3) is 2.86. The Morgan fingerprint density at radius 3 is 2.85 bits per heavy atom. The minimum absolute atomic E-state index is 0.677. The number of rotatable bonds is 4. The number of anilines is 1. The molecule has 4 nitrogen and oxygen atoms in total. The van der Waals surface area contributed by atoms with Crippen LogP contribution < -0.4 is 5.32 Å². The van der Waals surface area contributed by atoms with Crippen LogP contribution in [0.1, 0.15) is 5.69 Å². The summed E-state index contributed by atoms with van der Waals surface area (Å²) in [5.74, 6) is 0.822. The molecule has 20 heavy (non-hydrogen) atoms. The highest BCUT2D eigenvalue weighted by atomic mass is 35.5. The van der Waals surface area contributed by atoms with Crippen LogP contribution in [-0.2, 0) is 6.42 Å². The van der Waals surface area contributed by atoms with Gasteiger partial charge in [-0.15, -0.1) is 0 Å². The molecule has 0 aliphatic rings. The molecular weight excluding hydrogens is 272 g/mol. The maximum Gasteiger partial charge on any atom is 0.137 e. The Hall–Kier alpha value is -2.20. The molecule has 0 atom stereocenters. The highest BCUT2D eigenvalue weighted by molar-refractivity contribution is 6.31. The first-order valence-corrected chi connectivity index (χ1v) is 6.75. The second kappa shape index (κ2) is 5.84. The number of pyridine rings is 1. The lowest BCUT2D eigenvalue weighted by Gasteiger charge is -2.08. The van der Waals surface area contributed by atoms with Crippen molar-refractivity contribution in [1.29, 1.82) is 0 Å². The third-order valence-electron chi connectivity index (χ3n) is 3.00. The van der Waals surface area contributed by atoms with Crippen molar-refractivity contribution in [2.24, 2.45) is 0 Å². The van der Waals surface area contributed by atoms with E-state index >= 15 is 0 Å². The van der Waals surface area contributed by atoms with Gasteiger partial charge < -0.3 is 5.32 Å². The number of nitrogens with one attached hydrogen (secondary N) is 1. The van der Waals surface area contributed by atoms with Crippen LogP contribution in [-0.4, -0.2) is 21.5 Å². The van der Waals surface area contributed by atoms with Gasteiger partial charge in [0.25, 0.3) is 0 Å². The molecule has 2 heterocycles. The van der Waals surface area contributed by atoms with Crippen LogP contribution in [0, 0.1) is 0 Å². The molecule has 0 saturated carbocycles. The van der Waals surface area contributed by atoms with Gasteiger partial charge in [-0.2, -0.15) is 0 Å². The number of aromatic nitrogens is 3. The summed E-state index contributed by atoms with van der Waals surface area (Å²) in [5.41, 5.74) is 1.90. The molecule has 3 aromatic rings. The van der Waals surface area contributed by atoms with E-state index in [9.17, 15) is 0 Å². The fraction of sp³-hybridized carbons (Fsp3) is 0.133. The fourth-order valence-corrected chi connectivity index (χ4v) is 2.19. The van der Waals surface area contributed by atoms with E-state index in [1.54, 1.807) is 12.5 Å². The number of hydrogen-bond donors (Lipinski definition) is 1. The topological polar surface area (TPSA) is 50.7 Å². The van der Waals surface area contributed by atoms with E-state index in [2.05, 4.69) is 20.3 Å². The van der Waals surface area contributed by atoms with Crippen molar-refractivity contribution < 1.29 is 0 Å². The summed E-state index contributed by atoms with van der Waals surface area (Å²) >= 11 is 5.97. The molecule has 0 radical (unpaired) electrons. The summed E-state index contributed by atoms with van der Waals surface area (Å²) in [5, 5.41) is 4.97. The predicted molar refractivity (Wildman–Crippen MR) is 81.0 cm³/mol. The highest BCUT2D eigenvalue weighted by Crippen LogP contribution is 2.22. The van der Waals surface area contributed by atoms with E-state index in [0.29, 0.717) is 5.02 Å². The summed E-state index contributed by atoms with van der Waals surface area (Å²) in [6.45, 7) is 0.770. The van der Waals surface area contributed by atoms with E-state index in [4.69, 9.17) is 11.6 Å². The maximum atomic E-state index is 5.97. The molecule has 1 aromatic carbocycles. The molecule has 100 valence electrons. The van der Waals surface area contributed by atoms with Crippen molar-refractivity contribution in [3.05, 3.63) is 59.6 Å². The SMILES string of the molecule is Clc1ccc2c(NCCc3ccccn3)ncnc2c1. The van der Waals surface area contributed by atoms with Gasteiger partial charge in [-0.05, 0) is 30.3 Å². The Morgan fingerprint density at radius 1 is 1.05 bits per heavy atom. The van der Waals surface area contributed by atoms with Crippen LogP contribution in [0.4, 0.5) is 5.82 Å². The van der Waals surface area contributed by atoms with Crippen molar-refractivity contribution in [3.63, 3.8) is 0 Å². The van der Waals surface area contributed by atoms with Crippen molar-refractivity contribution in [1.82, 2.24) is 15.0 Å². The van der Waals surface area contributed by atoms with Gasteiger partial charge in [-0.3, -0.25) is 4.98 Å². The third-order valence-corrected chi connectivity index (χ3v) is 3.23. The summed E-state index contributed by atoms with van der Waals surface area (Å²) < 4.78 is 0. The largest absolute Gasteiger partial charge is 0.369 e. The van der Waals surface area contributed by atoms with Gasteiger partial charge in [0.15, 0.2) is 0 Å². The minimum Gasteiger partial charge on any atom is -0.369 e. The zero-order chi connectivity index (χ0) is 13.8. The first-order chi connectivity index (χ1) is 9.83. The maximum absolute atomic E-state index is 5.97. The van der Waals surface area contributed by atoms with Crippen LogP contribution >= 0.6 is 11.6 Å². The molecule has 0 fully saturated rings. The van der Waals surface area contributed by atoms with Gasteiger partial charge in [-0.25, -0.2) is 9.97 Å². The average molecular weight is 285 g/mol. The monoisotopic (exact) mass is 284 g/mol. The van der Waals surface area contributed by atoms with E-state index in [1.807, 2.05) is 36.4 Å². The van der Waals surface area contributed by atoms with Gasteiger partial charge in [-0.1, -0.05) is 17.7 Å². The van der Waals surface area contributed by atoms with Gasteiger partial charge >= 0.3 is 0 Å². The zero-order valence-corrected chi connectivity index (χ0v) is 11.5. The molecule has 2 aromatic heterocycles. The Morgan fingerprint density at radius 2 is 2.00 bits per heavy atom. The number of hydrogen-bond acceptors (Lipinski definition) is 4. The van der Waals surface area contributed by atoms with Crippen molar-refractivity contribution in [2.45, 2.75) is 6.42 Å². The molecule has 0 aliphatic heterocycles. The van der Waals surface area contributed by atoms with Crippen molar-refractivity contribution >= 4 is 28.3 Å². The second-order valence-electron chi connectivity index (χ2n) is 4.38. The van der Waals surface area contributed by atoms with Crippen molar-refractivity contribution in [3.8, 4) is 0 Å². The normalized spacial score (nSPS) is 10.7. The molecule has 3 rings (SSSR count).